The maximum atomic E-state index is 12.3. The first-order valence-electron chi connectivity index (χ1n) is 8.68. The number of nitrogens with one attached hydrogen (secondary N) is 1. The molecule has 0 atom stereocenters. The highest BCUT2D eigenvalue weighted by atomic mass is 16.5. The Balaban J connectivity index is 1.53. The van der Waals surface area contributed by atoms with Crippen LogP contribution in [0.5, 0.6) is 5.75 Å². The first-order chi connectivity index (χ1) is 11.7. The number of aryl methyl sites for hydroxylation is 2. The van der Waals surface area contributed by atoms with Gasteiger partial charge in [0.05, 0.1) is 12.3 Å². The lowest BCUT2D eigenvalue weighted by atomic mass is 10.2. The van der Waals surface area contributed by atoms with Crippen LogP contribution in [0.15, 0.2) is 30.3 Å². The lowest BCUT2D eigenvalue weighted by Crippen LogP contribution is -2.25. The van der Waals surface area contributed by atoms with Crippen LogP contribution in [0.1, 0.15) is 47.9 Å². The number of benzene rings is 1. The topological polar surface area (TPSA) is 56.1 Å². The van der Waals surface area contributed by atoms with Crippen molar-refractivity contribution in [3.8, 4) is 5.75 Å². The Labute approximate surface area is 143 Å². The van der Waals surface area contributed by atoms with E-state index in [1.807, 2.05) is 37.3 Å². The molecular weight excluding hydrogens is 302 g/mol. The monoisotopic (exact) mass is 327 g/mol. The zero-order chi connectivity index (χ0) is 16.9. The molecule has 3 rings (SSSR count). The molecule has 0 radical (unpaired) electrons. The van der Waals surface area contributed by atoms with Gasteiger partial charge in [0.1, 0.15) is 11.4 Å². The van der Waals surface area contributed by atoms with Crippen molar-refractivity contribution >= 4 is 5.91 Å². The fourth-order valence-corrected chi connectivity index (χ4v) is 2.68. The summed E-state index contributed by atoms with van der Waals surface area (Å²) in [5.74, 6) is 1.64. The van der Waals surface area contributed by atoms with Crippen LogP contribution in [0, 0.1) is 5.92 Å². The van der Waals surface area contributed by atoms with Crippen LogP contribution in [0.3, 0.4) is 0 Å². The molecule has 128 valence electrons. The van der Waals surface area contributed by atoms with E-state index in [9.17, 15) is 4.79 Å². The van der Waals surface area contributed by atoms with E-state index in [4.69, 9.17) is 4.74 Å². The number of rotatable bonds is 8. The Kier molecular flexibility index (Phi) is 5.18. The quantitative estimate of drug-likeness (QED) is 0.810. The van der Waals surface area contributed by atoms with Crippen LogP contribution in [0.25, 0.3) is 0 Å². The predicted molar refractivity (Wildman–Crippen MR) is 93.0 cm³/mol. The summed E-state index contributed by atoms with van der Waals surface area (Å²) >= 11 is 0. The number of ether oxygens (including phenoxy) is 1. The van der Waals surface area contributed by atoms with Crippen molar-refractivity contribution in [2.24, 2.45) is 13.0 Å². The zero-order valence-corrected chi connectivity index (χ0v) is 14.4. The molecular formula is C19H25N3O2. The van der Waals surface area contributed by atoms with Gasteiger partial charge in [-0.25, -0.2) is 0 Å². The molecule has 2 aromatic rings. The molecule has 1 N–H and O–H groups in total. The second kappa shape index (κ2) is 7.51. The van der Waals surface area contributed by atoms with E-state index in [1.165, 1.54) is 12.8 Å². The molecule has 5 nitrogen and oxygen atoms in total. The summed E-state index contributed by atoms with van der Waals surface area (Å²) in [5, 5.41) is 7.26. The summed E-state index contributed by atoms with van der Waals surface area (Å²) in [7, 11) is 1.79. The van der Waals surface area contributed by atoms with Gasteiger partial charge in [-0.15, -0.1) is 0 Å². The van der Waals surface area contributed by atoms with Gasteiger partial charge in [-0.05, 0) is 42.5 Å². The van der Waals surface area contributed by atoms with Gasteiger partial charge in [0.15, 0.2) is 0 Å². The molecule has 0 spiro atoms. The SMILES string of the molecule is CCc1cc(C(=O)NCc2cccc(OCCC3CC3)c2)n(C)n1. The van der Waals surface area contributed by atoms with Crippen LogP contribution in [0.4, 0.5) is 0 Å². The van der Waals surface area contributed by atoms with Crippen molar-refractivity contribution in [1.82, 2.24) is 15.1 Å². The van der Waals surface area contributed by atoms with Crippen molar-refractivity contribution in [1.29, 1.82) is 0 Å². The van der Waals surface area contributed by atoms with Crippen LogP contribution in [-0.4, -0.2) is 22.3 Å². The maximum Gasteiger partial charge on any atom is 0.269 e. The number of nitrogens with zero attached hydrogens (tertiary/aromatic N) is 2. The van der Waals surface area contributed by atoms with E-state index in [2.05, 4.69) is 10.4 Å². The number of carbonyl (C=O) groups excluding carboxylic acids is 1. The number of hydrogen-bond donors (Lipinski definition) is 1. The van der Waals surface area contributed by atoms with Crippen LogP contribution < -0.4 is 10.1 Å². The van der Waals surface area contributed by atoms with E-state index < -0.39 is 0 Å². The Morgan fingerprint density at radius 1 is 1.38 bits per heavy atom. The molecule has 24 heavy (non-hydrogen) atoms. The van der Waals surface area contributed by atoms with E-state index in [1.54, 1.807) is 11.7 Å². The fourth-order valence-electron chi connectivity index (χ4n) is 2.68. The molecule has 1 aromatic heterocycles. The third-order valence-electron chi connectivity index (χ3n) is 4.37. The van der Waals surface area contributed by atoms with Gasteiger partial charge in [0.2, 0.25) is 0 Å². The molecule has 1 amide bonds. The molecule has 1 aliphatic carbocycles. The highest BCUT2D eigenvalue weighted by Gasteiger charge is 2.20. The van der Waals surface area contributed by atoms with Gasteiger partial charge in [0, 0.05) is 13.6 Å². The minimum Gasteiger partial charge on any atom is -0.494 e. The van der Waals surface area contributed by atoms with Crippen LogP contribution >= 0.6 is 0 Å². The Morgan fingerprint density at radius 3 is 2.92 bits per heavy atom. The van der Waals surface area contributed by atoms with Gasteiger partial charge >= 0.3 is 0 Å². The molecule has 0 saturated heterocycles. The van der Waals surface area contributed by atoms with E-state index in [0.29, 0.717) is 12.2 Å². The van der Waals surface area contributed by atoms with Gasteiger partial charge in [-0.3, -0.25) is 9.48 Å². The number of amides is 1. The summed E-state index contributed by atoms with van der Waals surface area (Å²) in [6.07, 6.45) is 4.66. The summed E-state index contributed by atoms with van der Waals surface area (Å²) in [5.41, 5.74) is 2.54. The fraction of sp³-hybridized carbons (Fsp3) is 0.474. The Hall–Kier alpha value is -2.30. The zero-order valence-electron chi connectivity index (χ0n) is 14.4. The summed E-state index contributed by atoms with van der Waals surface area (Å²) < 4.78 is 7.43. The normalized spacial score (nSPS) is 13.8. The third kappa shape index (κ3) is 4.37. The molecule has 5 heteroatoms. The molecule has 1 aliphatic rings. The second-order valence-corrected chi connectivity index (χ2v) is 6.41. The minimum absolute atomic E-state index is 0.107. The molecule has 0 aliphatic heterocycles. The van der Waals surface area contributed by atoms with Crippen molar-refractivity contribution < 1.29 is 9.53 Å². The first-order valence-corrected chi connectivity index (χ1v) is 8.68. The lowest BCUT2D eigenvalue weighted by molar-refractivity contribution is 0.0941. The first kappa shape index (κ1) is 16.6. The molecule has 0 unspecified atom stereocenters. The highest BCUT2D eigenvalue weighted by Crippen LogP contribution is 2.32. The van der Waals surface area contributed by atoms with E-state index in [-0.39, 0.29) is 5.91 Å². The van der Waals surface area contributed by atoms with Crippen LogP contribution in [-0.2, 0) is 20.0 Å². The molecule has 0 bridgehead atoms. The highest BCUT2D eigenvalue weighted by molar-refractivity contribution is 5.92. The molecule has 1 fully saturated rings. The standard InChI is InChI=1S/C19H25N3O2/c1-3-16-12-18(22(2)21-16)19(23)20-13-15-5-4-6-17(11-15)24-10-9-14-7-8-14/h4-6,11-12,14H,3,7-10,13H2,1-2H3,(H,20,23). The molecule has 1 saturated carbocycles. The van der Waals surface area contributed by atoms with Gasteiger partial charge in [-0.2, -0.15) is 5.10 Å². The molecule has 1 aromatic carbocycles. The number of aromatic nitrogens is 2. The molecule has 1 heterocycles. The minimum atomic E-state index is -0.107. The summed E-state index contributed by atoms with van der Waals surface area (Å²) in [6, 6.07) is 9.76. The average Bonchev–Trinajstić information content (AvgIpc) is 3.33. The summed E-state index contributed by atoms with van der Waals surface area (Å²) in [6.45, 7) is 3.28. The van der Waals surface area contributed by atoms with Crippen molar-refractivity contribution in [3.63, 3.8) is 0 Å². The largest absolute Gasteiger partial charge is 0.494 e. The summed E-state index contributed by atoms with van der Waals surface area (Å²) in [4.78, 5) is 12.3. The maximum absolute atomic E-state index is 12.3. The van der Waals surface area contributed by atoms with Gasteiger partial charge in [0.25, 0.3) is 5.91 Å². The lowest BCUT2D eigenvalue weighted by Gasteiger charge is -2.09. The predicted octanol–water partition coefficient (Wildman–Crippen LogP) is 3.09. The van der Waals surface area contributed by atoms with Gasteiger partial charge in [-0.1, -0.05) is 31.9 Å². The van der Waals surface area contributed by atoms with Crippen LogP contribution in [0.2, 0.25) is 0 Å². The number of carbonyl (C=O) groups is 1. The smallest absolute Gasteiger partial charge is 0.269 e. The van der Waals surface area contributed by atoms with Gasteiger partial charge < -0.3 is 10.1 Å². The number of hydrogen-bond acceptors (Lipinski definition) is 3. The van der Waals surface area contributed by atoms with E-state index >= 15 is 0 Å². The second-order valence-electron chi connectivity index (χ2n) is 6.41. The van der Waals surface area contributed by atoms with Crippen molar-refractivity contribution in [2.45, 2.75) is 39.2 Å². The van der Waals surface area contributed by atoms with Crippen molar-refractivity contribution in [3.05, 3.63) is 47.3 Å². The Morgan fingerprint density at radius 2 is 2.21 bits per heavy atom. The third-order valence-corrected chi connectivity index (χ3v) is 4.37. The van der Waals surface area contributed by atoms with Crippen molar-refractivity contribution in [2.75, 3.05) is 6.61 Å². The average molecular weight is 327 g/mol. The Bertz CT molecular complexity index is 704. The van der Waals surface area contributed by atoms with E-state index in [0.717, 1.165) is 42.4 Å².